The van der Waals surface area contributed by atoms with Crippen LogP contribution in [0.3, 0.4) is 0 Å². The minimum absolute atomic E-state index is 0.0340. The molecule has 4 heteroatoms. The van der Waals surface area contributed by atoms with Crippen LogP contribution in [-0.4, -0.2) is 26.6 Å². The number of carbonyl (C=O) groups is 1. The van der Waals surface area contributed by atoms with Gasteiger partial charge in [-0.3, -0.25) is 4.79 Å². The summed E-state index contributed by atoms with van der Waals surface area (Å²) < 4.78 is 15.9. The Kier molecular flexibility index (Phi) is 4.82. The third-order valence-electron chi connectivity index (χ3n) is 2.38. The van der Waals surface area contributed by atoms with Crippen molar-refractivity contribution in [3.05, 3.63) is 17.7 Å². The van der Waals surface area contributed by atoms with Crippen molar-refractivity contribution in [3.8, 4) is 17.2 Å². The molecule has 0 saturated heterocycles. The number of ketones is 1. The predicted octanol–water partition coefficient (Wildman–Crippen LogP) is 2.37. The average molecular weight is 238 g/mol. The predicted molar refractivity (Wildman–Crippen MR) is 65.1 cm³/mol. The summed E-state index contributed by atoms with van der Waals surface area (Å²) in [4.78, 5) is 11.2. The second kappa shape index (κ2) is 6.13. The average Bonchev–Trinajstić information content (AvgIpc) is 2.35. The molecule has 17 heavy (non-hydrogen) atoms. The van der Waals surface area contributed by atoms with Gasteiger partial charge in [0.05, 0.1) is 14.2 Å². The largest absolute Gasteiger partial charge is 0.493 e. The minimum Gasteiger partial charge on any atom is -0.493 e. The first-order chi connectivity index (χ1) is 8.12. The molecule has 0 aromatic heterocycles. The van der Waals surface area contributed by atoms with Crippen LogP contribution < -0.4 is 14.2 Å². The number of aryl methyl sites for hydroxylation is 1. The van der Waals surface area contributed by atoms with Crippen LogP contribution in [0.1, 0.15) is 18.9 Å². The molecule has 1 aromatic rings. The van der Waals surface area contributed by atoms with Gasteiger partial charge in [0.1, 0.15) is 6.61 Å². The highest BCUT2D eigenvalue weighted by atomic mass is 16.5. The van der Waals surface area contributed by atoms with Crippen molar-refractivity contribution in [1.29, 1.82) is 0 Å². The molecule has 0 unspecified atom stereocenters. The molecule has 0 radical (unpaired) electrons. The highest BCUT2D eigenvalue weighted by Gasteiger charge is 2.13. The van der Waals surface area contributed by atoms with Gasteiger partial charge in [0, 0.05) is 6.42 Å². The lowest BCUT2D eigenvalue weighted by molar-refractivity contribution is -0.120. The van der Waals surface area contributed by atoms with Crippen LogP contribution in [0.5, 0.6) is 17.2 Å². The monoisotopic (exact) mass is 238 g/mol. The van der Waals surface area contributed by atoms with E-state index in [0.717, 1.165) is 5.56 Å². The maximum Gasteiger partial charge on any atom is 0.203 e. The summed E-state index contributed by atoms with van der Waals surface area (Å²) in [5.41, 5.74) is 1.01. The number of methoxy groups -OCH3 is 2. The fourth-order valence-electron chi connectivity index (χ4n) is 1.41. The molecule has 0 atom stereocenters. The Morgan fingerprint density at radius 2 is 1.71 bits per heavy atom. The fraction of sp³-hybridized carbons (Fsp3) is 0.462. The van der Waals surface area contributed by atoms with Gasteiger partial charge in [0.25, 0.3) is 0 Å². The van der Waals surface area contributed by atoms with Gasteiger partial charge >= 0.3 is 0 Å². The summed E-state index contributed by atoms with van der Waals surface area (Å²) in [5.74, 6) is 1.66. The summed E-state index contributed by atoms with van der Waals surface area (Å²) in [6, 6.07) is 3.68. The van der Waals surface area contributed by atoms with Gasteiger partial charge in [-0.15, -0.1) is 0 Å². The highest BCUT2D eigenvalue weighted by Crippen LogP contribution is 2.38. The van der Waals surface area contributed by atoms with Crippen molar-refractivity contribution in [2.45, 2.75) is 20.3 Å². The Morgan fingerprint density at radius 1 is 1.18 bits per heavy atom. The normalized spacial score (nSPS) is 9.88. The lowest BCUT2D eigenvalue weighted by Crippen LogP contribution is -2.11. The number of ether oxygens (including phenoxy) is 3. The van der Waals surface area contributed by atoms with E-state index in [0.29, 0.717) is 23.7 Å². The number of carbonyl (C=O) groups excluding carboxylic acids is 1. The zero-order chi connectivity index (χ0) is 12.8. The summed E-state index contributed by atoms with van der Waals surface area (Å²) in [5, 5.41) is 0. The molecule has 0 heterocycles. The van der Waals surface area contributed by atoms with Crippen LogP contribution in [0.4, 0.5) is 0 Å². The first-order valence-electron chi connectivity index (χ1n) is 5.49. The van der Waals surface area contributed by atoms with Crippen molar-refractivity contribution >= 4 is 5.78 Å². The second-order valence-electron chi connectivity index (χ2n) is 3.68. The van der Waals surface area contributed by atoms with Gasteiger partial charge in [-0.05, 0) is 24.6 Å². The molecule has 0 spiro atoms. The van der Waals surface area contributed by atoms with Crippen LogP contribution in [0.25, 0.3) is 0 Å². The van der Waals surface area contributed by atoms with Crippen molar-refractivity contribution < 1.29 is 19.0 Å². The quantitative estimate of drug-likeness (QED) is 0.763. The Morgan fingerprint density at radius 3 is 2.12 bits per heavy atom. The topological polar surface area (TPSA) is 44.8 Å². The molecule has 0 saturated carbocycles. The van der Waals surface area contributed by atoms with Crippen LogP contribution in [0, 0.1) is 6.92 Å². The van der Waals surface area contributed by atoms with E-state index in [9.17, 15) is 4.79 Å². The summed E-state index contributed by atoms with van der Waals surface area (Å²) in [6.07, 6.45) is 0.455. The van der Waals surface area contributed by atoms with Gasteiger partial charge in [-0.1, -0.05) is 6.92 Å². The number of rotatable bonds is 6. The highest BCUT2D eigenvalue weighted by molar-refractivity contribution is 5.79. The van der Waals surface area contributed by atoms with E-state index in [2.05, 4.69) is 0 Å². The SMILES string of the molecule is CCC(=O)COc1c(OC)cc(C)cc1OC. The van der Waals surface area contributed by atoms with Crippen molar-refractivity contribution in [1.82, 2.24) is 0 Å². The van der Waals surface area contributed by atoms with Crippen LogP contribution >= 0.6 is 0 Å². The standard InChI is InChI=1S/C13H18O4/c1-5-10(14)8-17-13-11(15-3)6-9(2)7-12(13)16-4/h6-7H,5,8H2,1-4H3. The second-order valence-corrected chi connectivity index (χ2v) is 3.68. The molecule has 0 amide bonds. The molecule has 0 aliphatic heterocycles. The van der Waals surface area contributed by atoms with Gasteiger partial charge in [-0.2, -0.15) is 0 Å². The van der Waals surface area contributed by atoms with E-state index in [1.807, 2.05) is 19.1 Å². The number of Topliss-reactive ketones (excluding diaryl/α,β-unsaturated/α-hetero) is 1. The number of benzene rings is 1. The first-order valence-corrected chi connectivity index (χ1v) is 5.49. The zero-order valence-corrected chi connectivity index (χ0v) is 10.7. The van der Waals surface area contributed by atoms with E-state index in [4.69, 9.17) is 14.2 Å². The molecular formula is C13H18O4. The van der Waals surface area contributed by atoms with E-state index in [-0.39, 0.29) is 12.4 Å². The van der Waals surface area contributed by atoms with Gasteiger partial charge in [-0.25, -0.2) is 0 Å². The lowest BCUT2D eigenvalue weighted by atomic mass is 10.2. The Balaban J connectivity index is 2.98. The molecule has 0 N–H and O–H groups in total. The van der Waals surface area contributed by atoms with Crippen LogP contribution in [-0.2, 0) is 4.79 Å². The molecule has 94 valence electrons. The Labute approximate surface area is 101 Å². The molecule has 0 fully saturated rings. The maximum atomic E-state index is 11.2. The summed E-state index contributed by atoms with van der Waals surface area (Å²) in [6.45, 7) is 3.77. The van der Waals surface area contributed by atoms with Gasteiger partial charge in [0.2, 0.25) is 5.75 Å². The molecule has 0 bridgehead atoms. The van der Waals surface area contributed by atoms with Crippen molar-refractivity contribution in [2.75, 3.05) is 20.8 Å². The number of hydrogen-bond donors (Lipinski definition) is 0. The van der Waals surface area contributed by atoms with Crippen molar-refractivity contribution in [2.24, 2.45) is 0 Å². The van der Waals surface area contributed by atoms with E-state index < -0.39 is 0 Å². The van der Waals surface area contributed by atoms with Crippen molar-refractivity contribution in [3.63, 3.8) is 0 Å². The smallest absolute Gasteiger partial charge is 0.203 e. The third kappa shape index (κ3) is 3.37. The maximum absolute atomic E-state index is 11.2. The zero-order valence-electron chi connectivity index (χ0n) is 10.7. The third-order valence-corrected chi connectivity index (χ3v) is 2.38. The summed E-state index contributed by atoms with van der Waals surface area (Å²) >= 11 is 0. The number of hydrogen-bond acceptors (Lipinski definition) is 4. The van der Waals surface area contributed by atoms with E-state index >= 15 is 0 Å². The Bertz CT molecular complexity index is 373. The molecular weight excluding hydrogens is 220 g/mol. The molecule has 1 rings (SSSR count). The summed E-state index contributed by atoms with van der Waals surface area (Å²) in [7, 11) is 3.12. The first kappa shape index (κ1) is 13.4. The van der Waals surface area contributed by atoms with Gasteiger partial charge < -0.3 is 14.2 Å². The molecule has 4 nitrogen and oxygen atoms in total. The minimum atomic E-state index is 0.0340. The van der Waals surface area contributed by atoms with Crippen LogP contribution in [0.15, 0.2) is 12.1 Å². The molecule has 0 aliphatic rings. The fourth-order valence-corrected chi connectivity index (χ4v) is 1.41. The lowest BCUT2D eigenvalue weighted by Gasteiger charge is -2.14. The Hall–Kier alpha value is -1.71. The van der Waals surface area contributed by atoms with E-state index in [1.165, 1.54) is 0 Å². The molecule has 0 aliphatic carbocycles. The van der Waals surface area contributed by atoms with Gasteiger partial charge in [0.15, 0.2) is 17.3 Å². The van der Waals surface area contributed by atoms with Crippen LogP contribution in [0.2, 0.25) is 0 Å². The molecule has 1 aromatic carbocycles. The van der Waals surface area contributed by atoms with E-state index in [1.54, 1.807) is 21.1 Å².